The van der Waals surface area contributed by atoms with E-state index >= 15 is 0 Å². The summed E-state index contributed by atoms with van der Waals surface area (Å²) >= 11 is 0. The molecule has 164 valence electrons. The van der Waals surface area contributed by atoms with Crippen LogP contribution in [0.1, 0.15) is 107 Å². The van der Waals surface area contributed by atoms with Crippen LogP contribution in [0.2, 0.25) is 0 Å². The highest BCUT2D eigenvalue weighted by molar-refractivity contribution is 5.32. The van der Waals surface area contributed by atoms with E-state index in [0.717, 1.165) is 25.0 Å². The number of hydrogen-bond donors (Lipinski definition) is 0. The second kappa shape index (κ2) is 12.1. The molecular weight excluding hydrogens is 356 g/mol. The molecule has 0 atom stereocenters. The molecule has 1 saturated carbocycles. The van der Waals surface area contributed by atoms with Crippen LogP contribution in [0.4, 0.5) is 0 Å². The van der Waals surface area contributed by atoms with Gasteiger partial charge in [0.2, 0.25) is 0 Å². The van der Waals surface area contributed by atoms with Crippen LogP contribution in [0.5, 0.6) is 0 Å². The fraction of sp³-hybridized carbons (Fsp3) is 0.778. The molecule has 0 spiro atoms. The van der Waals surface area contributed by atoms with Crippen LogP contribution in [0.25, 0.3) is 0 Å². The van der Waals surface area contributed by atoms with Crippen LogP contribution in [0, 0.1) is 24.7 Å². The second-order valence-corrected chi connectivity index (χ2v) is 9.68. The lowest BCUT2D eigenvalue weighted by atomic mass is 9.74. The highest BCUT2D eigenvalue weighted by Crippen LogP contribution is 2.39. The number of rotatable bonds is 10. The highest BCUT2D eigenvalue weighted by atomic mass is 16.7. The van der Waals surface area contributed by atoms with Crippen molar-refractivity contribution in [3.63, 3.8) is 0 Å². The summed E-state index contributed by atoms with van der Waals surface area (Å²) in [4.78, 5) is 0. The van der Waals surface area contributed by atoms with Gasteiger partial charge < -0.3 is 9.47 Å². The van der Waals surface area contributed by atoms with Crippen LogP contribution in [-0.2, 0) is 15.9 Å². The number of ether oxygens (including phenoxy) is 2. The molecule has 1 aromatic rings. The molecule has 2 heteroatoms. The minimum atomic E-state index is -0.165. The molecule has 1 aliphatic carbocycles. The van der Waals surface area contributed by atoms with Crippen molar-refractivity contribution in [2.45, 2.75) is 104 Å². The maximum atomic E-state index is 6.23. The number of hydrogen-bond acceptors (Lipinski definition) is 2. The first-order valence-electron chi connectivity index (χ1n) is 12.5. The molecule has 3 rings (SSSR count). The molecule has 1 aliphatic heterocycles. The molecule has 2 nitrogen and oxygen atoms in total. The van der Waals surface area contributed by atoms with Crippen LogP contribution in [-0.4, -0.2) is 13.2 Å². The maximum Gasteiger partial charge on any atom is 0.184 e. The molecule has 2 aliphatic rings. The Morgan fingerprint density at radius 1 is 0.828 bits per heavy atom. The van der Waals surface area contributed by atoms with Crippen molar-refractivity contribution in [1.82, 2.24) is 0 Å². The Morgan fingerprint density at radius 2 is 1.52 bits per heavy atom. The van der Waals surface area contributed by atoms with Crippen molar-refractivity contribution in [2.75, 3.05) is 13.2 Å². The largest absolute Gasteiger partial charge is 0.348 e. The summed E-state index contributed by atoms with van der Waals surface area (Å²) in [5.74, 6) is 2.38. The molecule has 0 radical (unpaired) electrons. The monoisotopic (exact) mass is 400 g/mol. The third-order valence-electron chi connectivity index (χ3n) is 7.35. The van der Waals surface area contributed by atoms with Crippen molar-refractivity contribution >= 4 is 0 Å². The average Bonchev–Trinajstić information content (AvgIpc) is 2.75. The zero-order valence-electron chi connectivity index (χ0n) is 19.3. The molecule has 0 amide bonds. The van der Waals surface area contributed by atoms with E-state index in [2.05, 4.69) is 39.0 Å². The van der Waals surface area contributed by atoms with Crippen LogP contribution in [0.3, 0.4) is 0 Å². The standard InChI is InChI=1S/C27H44O2/c1-4-6-8-10-22-12-15-24(16-13-22)25-19-28-27(29-20-25)26-17-14-23(18-21(26)3)11-9-7-5-2/h14,17-18,22,24-25,27H,4-13,15-16,19-20H2,1-3H3/t22?,24?,25-,27-. The summed E-state index contributed by atoms with van der Waals surface area (Å²) in [6, 6.07) is 6.85. The fourth-order valence-electron chi connectivity index (χ4n) is 5.34. The van der Waals surface area contributed by atoms with E-state index in [9.17, 15) is 0 Å². The Labute approximate surface area is 179 Å². The van der Waals surface area contributed by atoms with Gasteiger partial charge in [-0.05, 0) is 55.6 Å². The number of aryl methyl sites for hydroxylation is 2. The molecule has 0 N–H and O–H groups in total. The van der Waals surface area contributed by atoms with Gasteiger partial charge in [0.1, 0.15) is 0 Å². The van der Waals surface area contributed by atoms with Crippen molar-refractivity contribution in [3.05, 3.63) is 34.9 Å². The predicted octanol–water partition coefficient (Wildman–Crippen LogP) is 7.78. The van der Waals surface area contributed by atoms with E-state index in [4.69, 9.17) is 9.47 Å². The van der Waals surface area contributed by atoms with Crippen LogP contribution >= 0.6 is 0 Å². The summed E-state index contributed by atoms with van der Waals surface area (Å²) in [5.41, 5.74) is 3.99. The van der Waals surface area contributed by atoms with Crippen molar-refractivity contribution in [2.24, 2.45) is 17.8 Å². The first kappa shape index (κ1) is 22.8. The molecule has 29 heavy (non-hydrogen) atoms. The summed E-state index contributed by atoms with van der Waals surface area (Å²) in [6.07, 6.45) is 16.1. The lowest BCUT2D eigenvalue weighted by Gasteiger charge is -2.38. The van der Waals surface area contributed by atoms with E-state index in [1.807, 2.05) is 0 Å². The Bertz CT molecular complexity index is 580. The van der Waals surface area contributed by atoms with Crippen molar-refractivity contribution < 1.29 is 9.47 Å². The average molecular weight is 401 g/mol. The molecule has 0 unspecified atom stereocenters. The Kier molecular flexibility index (Phi) is 9.52. The van der Waals surface area contributed by atoms with Gasteiger partial charge >= 0.3 is 0 Å². The molecule has 0 aromatic heterocycles. The summed E-state index contributed by atoms with van der Waals surface area (Å²) in [7, 11) is 0. The highest BCUT2D eigenvalue weighted by Gasteiger charge is 2.32. The molecular formula is C27H44O2. The molecule has 1 aromatic carbocycles. The van der Waals surface area contributed by atoms with E-state index in [-0.39, 0.29) is 6.29 Å². The van der Waals surface area contributed by atoms with Gasteiger partial charge in [0.15, 0.2) is 6.29 Å². The number of unbranched alkanes of at least 4 members (excludes halogenated alkanes) is 4. The Hall–Kier alpha value is -0.860. The third kappa shape index (κ3) is 6.82. The minimum Gasteiger partial charge on any atom is -0.348 e. The molecule has 1 saturated heterocycles. The normalized spacial score (nSPS) is 27.8. The summed E-state index contributed by atoms with van der Waals surface area (Å²) in [6.45, 7) is 8.51. The van der Waals surface area contributed by atoms with Crippen molar-refractivity contribution in [3.8, 4) is 0 Å². The quantitative estimate of drug-likeness (QED) is 0.373. The van der Waals surface area contributed by atoms with E-state index < -0.39 is 0 Å². The first-order valence-corrected chi connectivity index (χ1v) is 12.5. The molecule has 0 bridgehead atoms. The Morgan fingerprint density at radius 3 is 2.17 bits per heavy atom. The number of benzene rings is 1. The first-order chi connectivity index (χ1) is 14.2. The topological polar surface area (TPSA) is 18.5 Å². The van der Waals surface area contributed by atoms with Crippen LogP contribution in [0.15, 0.2) is 18.2 Å². The minimum absolute atomic E-state index is 0.165. The molecule has 2 fully saturated rings. The molecule has 1 heterocycles. The zero-order valence-corrected chi connectivity index (χ0v) is 19.3. The third-order valence-corrected chi connectivity index (χ3v) is 7.35. The predicted molar refractivity (Wildman–Crippen MR) is 122 cm³/mol. The van der Waals surface area contributed by atoms with Gasteiger partial charge in [0, 0.05) is 11.5 Å². The van der Waals surface area contributed by atoms with Gasteiger partial charge in [0.05, 0.1) is 13.2 Å². The van der Waals surface area contributed by atoms with Gasteiger partial charge in [-0.1, -0.05) is 83.4 Å². The fourth-order valence-corrected chi connectivity index (χ4v) is 5.34. The van der Waals surface area contributed by atoms with E-state index in [0.29, 0.717) is 5.92 Å². The lowest BCUT2D eigenvalue weighted by molar-refractivity contribution is -0.215. The van der Waals surface area contributed by atoms with Gasteiger partial charge in [0.25, 0.3) is 0 Å². The second-order valence-electron chi connectivity index (χ2n) is 9.68. The lowest BCUT2D eigenvalue weighted by Crippen LogP contribution is -2.34. The van der Waals surface area contributed by atoms with Crippen LogP contribution < -0.4 is 0 Å². The zero-order chi connectivity index (χ0) is 20.5. The van der Waals surface area contributed by atoms with Gasteiger partial charge in [-0.3, -0.25) is 0 Å². The van der Waals surface area contributed by atoms with Crippen molar-refractivity contribution in [1.29, 1.82) is 0 Å². The smallest absolute Gasteiger partial charge is 0.184 e. The summed E-state index contributed by atoms with van der Waals surface area (Å²) in [5, 5.41) is 0. The van der Waals surface area contributed by atoms with E-state index in [1.54, 1.807) is 0 Å². The van der Waals surface area contributed by atoms with Gasteiger partial charge in [-0.25, -0.2) is 0 Å². The Balaban J connectivity index is 1.42. The SMILES string of the molecule is CCCCCc1ccc([C@H]2OC[C@H](C3CCC(CCCCC)CC3)CO2)c(C)c1. The van der Waals surface area contributed by atoms with Gasteiger partial charge in [-0.15, -0.1) is 0 Å². The van der Waals surface area contributed by atoms with Gasteiger partial charge in [-0.2, -0.15) is 0 Å². The summed E-state index contributed by atoms with van der Waals surface area (Å²) < 4.78 is 12.5. The van der Waals surface area contributed by atoms with E-state index in [1.165, 1.54) is 93.7 Å². The maximum absolute atomic E-state index is 6.23.